The molecule has 0 rings (SSSR count). The number of carbonyl (C=O) groups excluding carboxylic acids is 1. The summed E-state index contributed by atoms with van der Waals surface area (Å²) in [5.41, 5.74) is 0. The van der Waals surface area contributed by atoms with Gasteiger partial charge in [0.05, 0.1) is 6.10 Å². The third-order valence-corrected chi connectivity index (χ3v) is 6.66. The number of aliphatic hydroxyl groups is 1. The van der Waals surface area contributed by atoms with Gasteiger partial charge in [0, 0.05) is 0 Å². The number of aliphatic hydroxyl groups excluding tert-OH is 1. The first-order chi connectivity index (χ1) is 16.4. The molecule has 0 aromatic carbocycles. The van der Waals surface area contributed by atoms with Crippen LogP contribution in [0.2, 0.25) is 0 Å². The Hall–Kier alpha value is -0.270. The second kappa shape index (κ2) is 19.8. The topological polar surface area (TPSA) is 182 Å². The number of phosphoric ester groups is 1. The molecule has 0 aromatic heterocycles. The van der Waals surface area contributed by atoms with Gasteiger partial charge in [0.1, 0.15) is 0 Å². The number of ether oxygens (including phenoxy) is 2. The summed E-state index contributed by atoms with van der Waals surface area (Å²) in [4.78, 5) is 40.6. The summed E-state index contributed by atoms with van der Waals surface area (Å²) in [7, 11) is -8.41. The van der Waals surface area contributed by atoms with Crippen LogP contribution in [0.3, 0.4) is 0 Å². The molecule has 2 atom stereocenters. The van der Waals surface area contributed by atoms with Crippen LogP contribution >= 0.6 is 16.0 Å². The molecule has 2 unspecified atom stereocenters. The SMILES string of the molecule is CC(C)OP(=O)(O)OCCOCCOCCO[PH](O)(O)OCC(CO)CCCCNC(=O)C(C)C. The van der Waals surface area contributed by atoms with Gasteiger partial charge in [-0.2, -0.15) is 0 Å². The van der Waals surface area contributed by atoms with Crippen LogP contribution in [-0.4, -0.2) is 91.2 Å². The quantitative estimate of drug-likeness (QED) is 0.0910. The molecule has 13 nitrogen and oxygen atoms in total. The molecule has 0 saturated heterocycles. The van der Waals surface area contributed by atoms with E-state index in [-0.39, 0.29) is 70.6 Å². The predicted octanol–water partition coefficient (Wildman–Crippen LogP) is 1.54. The van der Waals surface area contributed by atoms with Crippen molar-refractivity contribution in [3.05, 3.63) is 0 Å². The van der Waals surface area contributed by atoms with Crippen LogP contribution in [0.4, 0.5) is 0 Å². The third kappa shape index (κ3) is 21.5. The molecule has 0 bridgehead atoms. The summed E-state index contributed by atoms with van der Waals surface area (Å²) in [6.07, 6.45) is 1.65. The van der Waals surface area contributed by atoms with E-state index in [1.807, 2.05) is 13.8 Å². The maximum atomic E-state index is 11.5. The zero-order valence-electron chi connectivity index (χ0n) is 21.2. The van der Waals surface area contributed by atoms with Crippen molar-refractivity contribution in [2.24, 2.45) is 11.8 Å². The molecule has 0 saturated carbocycles. The van der Waals surface area contributed by atoms with Crippen LogP contribution in [0.5, 0.6) is 0 Å². The zero-order valence-corrected chi connectivity index (χ0v) is 23.1. The van der Waals surface area contributed by atoms with Gasteiger partial charge >= 0.3 is 188 Å². The molecule has 212 valence electrons. The molecular weight excluding hydrogens is 508 g/mol. The summed E-state index contributed by atoms with van der Waals surface area (Å²) in [5, 5.41) is 12.3. The van der Waals surface area contributed by atoms with E-state index in [9.17, 15) is 29.1 Å². The van der Waals surface area contributed by atoms with E-state index in [0.717, 1.165) is 12.8 Å². The van der Waals surface area contributed by atoms with Gasteiger partial charge in [-0.25, -0.2) is 0 Å². The van der Waals surface area contributed by atoms with E-state index in [2.05, 4.69) is 5.32 Å². The molecule has 0 spiro atoms. The summed E-state index contributed by atoms with van der Waals surface area (Å²) in [6.45, 7) is 7.49. The van der Waals surface area contributed by atoms with Crippen molar-refractivity contribution in [1.82, 2.24) is 5.32 Å². The van der Waals surface area contributed by atoms with E-state index >= 15 is 0 Å². The second-order valence-corrected chi connectivity index (χ2v) is 11.5. The van der Waals surface area contributed by atoms with Crippen LogP contribution in [0.25, 0.3) is 0 Å². The number of phosphoric acid groups is 1. The van der Waals surface area contributed by atoms with Crippen molar-refractivity contribution in [2.45, 2.75) is 53.1 Å². The molecule has 1 amide bonds. The molecule has 0 aliphatic rings. The Bertz CT molecular complexity index is 594. The molecule has 0 aliphatic heterocycles. The van der Waals surface area contributed by atoms with Crippen molar-refractivity contribution in [2.75, 3.05) is 59.4 Å². The molecule has 0 fully saturated rings. The van der Waals surface area contributed by atoms with Crippen LogP contribution in [0, 0.1) is 11.8 Å². The normalized spacial score (nSPS) is 15.4. The maximum absolute atomic E-state index is 11.5. The van der Waals surface area contributed by atoms with Crippen molar-refractivity contribution in [3.63, 3.8) is 0 Å². The monoisotopic (exact) mass is 553 g/mol. The van der Waals surface area contributed by atoms with E-state index in [1.165, 1.54) is 0 Å². The molecule has 0 aliphatic carbocycles. The second-order valence-electron chi connectivity index (χ2n) is 8.38. The summed E-state index contributed by atoms with van der Waals surface area (Å²) in [5.74, 6) is -0.347. The first-order valence-electron chi connectivity index (χ1n) is 11.8. The first-order valence-corrected chi connectivity index (χ1v) is 15.0. The fourth-order valence-corrected chi connectivity index (χ4v) is 4.32. The van der Waals surface area contributed by atoms with Gasteiger partial charge in [0.15, 0.2) is 0 Å². The molecule has 0 aromatic rings. The van der Waals surface area contributed by atoms with E-state index in [4.69, 9.17) is 27.6 Å². The van der Waals surface area contributed by atoms with Crippen LogP contribution in [-0.2, 0) is 36.9 Å². The van der Waals surface area contributed by atoms with Gasteiger partial charge in [0.25, 0.3) is 0 Å². The molecular formula is C20H45NO12P2. The summed E-state index contributed by atoms with van der Waals surface area (Å²) < 4.78 is 41.4. The number of nitrogens with one attached hydrogen (secondary N) is 1. The Morgan fingerprint density at radius 2 is 1.54 bits per heavy atom. The van der Waals surface area contributed by atoms with Crippen molar-refractivity contribution in [1.29, 1.82) is 0 Å². The minimum absolute atomic E-state index is 0.00479. The fourth-order valence-electron chi connectivity index (χ4n) is 2.53. The van der Waals surface area contributed by atoms with Gasteiger partial charge in [0.2, 0.25) is 0 Å². The molecule has 0 radical (unpaired) electrons. The van der Waals surface area contributed by atoms with E-state index < -0.39 is 22.1 Å². The average Bonchev–Trinajstić information content (AvgIpc) is 2.75. The van der Waals surface area contributed by atoms with Crippen molar-refractivity contribution in [3.8, 4) is 0 Å². The fraction of sp³-hybridized carbons (Fsp3) is 0.950. The Morgan fingerprint density at radius 3 is 2.11 bits per heavy atom. The van der Waals surface area contributed by atoms with Gasteiger partial charge in [-0.15, -0.1) is 0 Å². The predicted molar refractivity (Wildman–Crippen MR) is 131 cm³/mol. The first kappa shape index (κ1) is 34.7. The average molecular weight is 554 g/mol. The van der Waals surface area contributed by atoms with Crippen molar-refractivity contribution >= 4 is 21.9 Å². The number of hydrogen-bond donors (Lipinski definition) is 5. The summed E-state index contributed by atoms with van der Waals surface area (Å²) >= 11 is 0. The van der Waals surface area contributed by atoms with Crippen molar-refractivity contribution < 1.29 is 56.7 Å². The number of amides is 1. The van der Waals surface area contributed by atoms with E-state index in [1.54, 1.807) is 13.8 Å². The minimum atomic E-state index is -4.34. The van der Waals surface area contributed by atoms with Crippen LogP contribution < -0.4 is 5.32 Å². The molecule has 5 N–H and O–H groups in total. The Kier molecular flexibility index (Phi) is 19.6. The van der Waals surface area contributed by atoms with Gasteiger partial charge in [-0.05, 0) is 13.8 Å². The number of rotatable bonds is 23. The Balaban J connectivity index is 3.77. The van der Waals surface area contributed by atoms with Crippen LogP contribution in [0.15, 0.2) is 0 Å². The molecule has 35 heavy (non-hydrogen) atoms. The Labute approximate surface area is 208 Å². The third-order valence-electron chi connectivity index (χ3n) is 4.34. The zero-order chi connectivity index (χ0) is 26.7. The van der Waals surface area contributed by atoms with Gasteiger partial charge in [-0.3, -0.25) is 0 Å². The number of carbonyl (C=O) groups is 1. The van der Waals surface area contributed by atoms with E-state index in [0.29, 0.717) is 13.0 Å². The van der Waals surface area contributed by atoms with Gasteiger partial charge < -0.3 is 0 Å². The summed E-state index contributed by atoms with van der Waals surface area (Å²) in [6, 6.07) is 0. The molecule has 0 heterocycles. The van der Waals surface area contributed by atoms with Gasteiger partial charge in [-0.1, -0.05) is 0 Å². The number of unbranched alkanes of at least 4 members (excludes halogenated alkanes) is 1. The van der Waals surface area contributed by atoms with Crippen LogP contribution in [0.1, 0.15) is 47.0 Å². The number of hydrogen-bond acceptors (Lipinski definition) is 11. The standard InChI is InChI=1S/C20H45NO12P2/c1-17(2)20(23)21-8-6-5-7-19(15-22)16-32-34(24,25)30-13-11-28-9-10-29-12-14-31-35(26,27)33-18(3)4/h17-19,22,24-25,34H,5-16H2,1-4H3,(H,21,23)(H,26,27). The molecule has 15 heteroatoms. The Morgan fingerprint density at radius 1 is 0.943 bits per heavy atom.